The van der Waals surface area contributed by atoms with Crippen LogP contribution in [0.25, 0.3) is 0 Å². The standard InChI is InChI=1S/C16H18ClF3N2O3/c1-25-5-4-22-9-10(6-14(22)23)8-21-15(24)12-7-11(16(18,19)20)2-3-13(12)17/h2-3,7,10H,4-6,8-9H2,1H3,(H,21,24)/t10-/m1/s1. The first-order valence-corrected chi connectivity index (χ1v) is 8.02. The molecule has 0 saturated carbocycles. The zero-order valence-electron chi connectivity index (χ0n) is 13.5. The van der Waals surface area contributed by atoms with Crippen molar-refractivity contribution < 1.29 is 27.5 Å². The van der Waals surface area contributed by atoms with E-state index in [1.807, 2.05) is 0 Å². The van der Waals surface area contributed by atoms with Crippen molar-refractivity contribution >= 4 is 23.4 Å². The quantitative estimate of drug-likeness (QED) is 0.827. The fourth-order valence-electron chi connectivity index (χ4n) is 2.62. The minimum atomic E-state index is -4.56. The van der Waals surface area contributed by atoms with Gasteiger partial charge in [0, 0.05) is 39.1 Å². The zero-order chi connectivity index (χ0) is 18.6. The van der Waals surface area contributed by atoms with E-state index in [0.717, 1.165) is 18.2 Å². The molecule has 2 rings (SSSR count). The number of rotatable bonds is 6. The van der Waals surface area contributed by atoms with Crippen LogP contribution in [0.5, 0.6) is 0 Å². The molecule has 2 amide bonds. The van der Waals surface area contributed by atoms with Crippen LogP contribution in [0, 0.1) is 5.92 Å². The van der Waals surface area contributed by atoms with E-state index in [0.29, 0.717) is 19.7 Å². The van der Waals surface area contributed by atoms with Gasteiger partial charge >= 0.3 is 6.18 Å². The summed E-state index contributed by atoms with van der Waals surface area (Å²) in [5, 5.41) is 2.50. The first kappa shape index (κ1) is 19.5. The summed E-state index contributed by atoms with van der Waals surface area (Å²) >= 11 is 5.84. The van der Waals surface area contributed by atoms with Gasteiger partial charge < -0.3 is 15.0 Å². The number of hydrogen-bond acceptors (Lipinski definition) is 3. The second-order valence-electron chi connectivity index (χ2n) is 5.81. The summed E-state index contributed by atoms with van der Waals surface area (Å²) in [7, 11) is 1.54. The number of carbonyl (C=O) groups is 2. The van der Waals surface area contributed by atoms with Gasteiger partial charge in [0.15, 0.2) is 0 Å². The normalized spacial score (nSPS) is 17.9. The lowest BCUT2D eigenvalue weighted by Crippen LogP contribution is -2.32. The summed E-state index contributed by atoms with van der Waals surface area (Å²) in [6, 6.07) is 2.59. The highest BCUT2D eigenvalue weighted by atomic mass is 35.5. The van der Waals surface area contributed by atoms with Crippen molar-refractivity contribution in [2.75, 3.05) is 33.4 Å². The minimum Gasteiger partial charge on any atom is -0.383 e. The summed E-state index contributed by atoms with van der Waals surface area (Å²) in [5.41, 5.74) is -1.18. The minimum absolute atomic E-state index is 0.0339. The molecule has 0 radical (unpaired) electrons. The van der Waals surface area contributed by atoms with E-state index in [-0.39, 0.29) is 35.4 Å². The summed E-state index contributed by atoms with van der Waals surface area (Å²) < 4.78 is 43.2. The molecule has 0 unspecified atom stereocenters. The van der Waals surface area contributed by atoms with Gasteiger partial charge in [-0.05, 0) is 18.2 Å². The number of amides is 2. The number of hydrogen-bond donors (Lipinski definition) is 1. The van der Waals surface area contributed by atoms with E-state index < -0.39 is 17.6 Å². The molecule has 9 heteroatoms. The highest BCUT2D eigenvalue weighted by Crippen LogP contribution is 2.31. The Kier molecular flexibility index (Phi) is 6.29. The number of benzene rings is 1. The molecule has 1 saturated heterocycles. The predicted molar refractivity (Wildman–Crippen MR) is 85.4 cm³/mol. The molecular formula is C16H18ClF3N2O3. The largest absolute Gasteiger partial charge is 0.416 e. The first-order chi connectivity index (χ1) is 11.7. The van der Waals surface area contributed by atoms with Crippen LogP contribution in [0.3, 0.4) is 0 Å². The van der Waals surface area contributed by atoms with Crippen LogP contribution in [0.2, 0.25) is 5.02 Å². The van der Waals surface area contributed by atoms with Gasteiger partial charge in [0.05, 0.1) is 22.8 Å². The molecule has 0 bridgehead atoms. The molecule has 138 valence electrons. The first-order valence-electron chi connectivity index (χ1n) is 7.64. The maximum atomic E-state index is 12.8. The van der Waals surface area contributed by atoms with Crippen LogP contribution in [0.4, 0.5) is 13.2 Å². The second-order valence-corrected chi connectivity index (χ2v) is 6.21. The Morgan fingerprint density at radius 3 is 2.80 bits per heavy atom. The highest BCUT2D eigenvalue weighted by Gasteiger charge is 2.32. The maximum Gasteiger partial charge on any atom is 0.416 e. The molecule has 0 aromatic heterocycles. The predicted octanol–water partition coefficient (Wildman–Crippen LogP) is 2.58. The van der Waals surface area contributed by atoms with Gasteiger partial charge in [-0.2, -0.15) is 13.2 Å². The Balaban J connectivity index is 1.96. The lowest BCUT2D eigenvalue weighted by Gasteiger charge is -2.16. The van der Waals surface area contributed by atoms with Crippen LogP contribution < -0.4 is 5.32 Å². The lowest BCUT2D eigenvalue weighted by molar-refractivity contribution is -0.137. The van der Waals surface area contributed by atoms with Crippen molar-refractivity contribution in [3.8, 4) is 0 Å². The number of likely N-dealkylation sites (tertiary alicyclic amines) is 1. The van der Waals surface area contributed by atoms with E-state index in [2.05, 4.69) is 5.32 Å². The second kappa shape index (κ2) is 8.05. The number of ether oxygens (including phenoxy) is 1. The van der Waals surface area contributed by atoms with Gasteiger partial charge in [0.2, 0.25) is 5.91 Å². The van der Waals surface area contributed by atoms with Crippen molar-refractivity contribution in [3.05, 3.63) is 34.3 Å². The van der Waals surface area contributed by atoms with Crippen LogP contribution >= 0.6 is 11.6 Å². The van der Waals surface area contributed by atoms with Gasteiger partial charge in [-0.15, -0.1) is 0 Å². The van der Waals surface area contributed by atoms with Crippen LogP contribution in [-0.4, -0.2) is 50.1 Å². The third kappa shape index (κ3) is 5.09. The van der Waals surface area contributed by atoms with E-state index in [9.17, 15) is 22.8 Å². The molecule has 1 atom stereocenters. The molecule has 1 aromatic rings. The monoisotopic (exact) mass is 378 g/mol. The highest BCUT2D eigenvalue weighted by molar-refractivity contribution is 6.33. The lowest BCUT2D eigenvalue weighted by atomic mass is 10.1. The topological polar surface area (TPSA) is 58.6 Å². The zero-order valence-corrected chi connectivity index (χ0v) is 14.3. The molecule has 1 heterocycles. The summed E-state index contributed by atoms with van der Waals surface area (Å²) in [6.07, 6.45) is -4.28. The Hall–Kier alpha value is -1.80. The molecular weight excluding hydrogens is 361 g/mol. The number of halogens is 4. The summed E-state index contributed by atoms with van der Waals surface area (Å²) in [6.45, 7) is 1.54. The molecule has 25 heavy (non-hydrogen) atoms. The third-order valence-corrected chi connectivity index (χ3v) is 4.28. The third-order valence-electron chi connectivity index (χ3n) is 3.95. The van der Waals surface area contributed by atoms with E-state index in [1.165, 1.54) is 7.11 Å². The Labute approximate surface area is 148 Å². The van der Waals surface area contributed by atoms with E-state index in [1.54, 1.807) is 4.90 Å². The van der Waals surface area contributed by atoms with Crippen molar-refractivity contribution in [2.45, 2.75) is 12.6 Å². The number of carbonyl (C=O) groups excluding carboxylic acids is 2. The maximum absolute atomic E-state index is 12.8. The molecule has 1 aliphatic rings. The van der Waals surface area contributed by atoms with Gasteiger partial charge in [0.25, 0.3) is 5.91 Å². The van der Waals surface area contributed by atoms with Gasteiger partial charge in [-0.25, -0.2) is 0 Å². The van der Waals surface area contributed by atoms with Crippen molar-refractivity contribution in [3.63, 3.8) is 0 Å². The van der Waals surface area contributed by atoms with Crippen molar-refractivity contribution in [1.29, 1.82) is 0 Å². The SMILES string of the molecule is COCCN1C[C@@H](CNC(=O)c2cc(C(F)(F)F)ccc2Cl)CC1=O. The molecule has 1 N–H and O–H groups in total. The van der Waals surface area contributed by atoms with E-state index >= 15 is 0 Å². The fraction of sp³-hybridized carbons (Fsp3) is 0.500. The van der Waals surface area contributed by atoms with Crippen LogP contribution in [0.1, 0.15) is 22.3 Å². The van der Waals surface area contributed by atoms with Crippen LogP contribution in [0.15, 0.2) is 18.2 Å². The molecule has 1 aliphatic heterocycles. The van der Waals surface area contributed by atoms with Gasteiger partial charge in [-0.1, -0.05) is 11.6 Å². The van der Waals surface area contributed by atoms with Gasteiger partial charge in [0.1, 0.15) is 0 Å². The summed E-state index contributed by atoms with van der Waals surface area (Å²) in [5.74, 6) is -0.829. The smallest absolute Gasteiger partial charge is 0.383 e. The van der Waals surface area contributed by atoms with Crippen molar-refractivity contribution in [1.82, 2.24) is 10.2 Å². The Morgan fingerprint density at radius 1 is 1.44 bits per heavy atom. The number of methoxy groups -OCH3 is 1. The Bertz CT molecular complexity index is 652. The molecule has 0 spiro atoms. The molecule has 1 fully saturated rings. The average Bonchev–Trinajstić information content (AvgIpc) is 2.90. The fourth-order valence-corrected chi connectivity index (χ4v) is 2.82. The summed E-state index contributed by atoms with van der Waals surface area (Å²) in [4.78, 5) is 25.6. The van der Waals surface area contributed by atoms with Crippen LogP contribution in [-0.2, 0) is 15.7 Å². The van der Waals surface area contributed by atoms with E-state index in [4.69, 9.17) is 16.3 Å². The van der Waals surface area contributed by atoms with Gasteiger partial charge in [-0.3, -0.25) is 9.59 Å². The molecule has 5 nitrogen and oxygen atoms in total. The molecule has 1 aromatic carbocycles. The average molecular weight is 379 g/mol. The Morgan fingerprint density at radius 2 is 2.16 bits per heavy atom. The molecule has 0 aliphatic carbocycles. The number of alkyl halides is 3. The number of nitrogens with zero attached hydrogens (tertiary/aromatic N) is 1. The van der Waals surface area contributed by atoms with Crippen molar-refractivity contribution in [2.24, 2.45) is 5.92 Å². The number of nitrogens with one attached hydrogen (secondary N) is 1.